The highest BCUT2D eigenvalue weighted by molar-refractivity contribution is 5.86. The van der Waals surface area contributed by atoms with Gasteiger partial charge in [0.2, 0.25) is 0 Å². The van der Waals surface area contributed by atoms with E-state index in [-0.39, 0.29) is 5.82 Å². The van der Waals surface area contributed by atoms with Crippen LogP contribution in [-0.4, -0.2) is 11.1 Å². The second-order valence-corrected chi connectivity index (χ2v) is 4.05. The minimum absolute atomic E-state index is 0.121. The number of aromatic nitrogens is 1. The molecule has 0 aliphatic carbocycles. The molecule has 15 heavy (non-hydrogen) atoms. The summed E-state index contributed by atoms with van der Waals surface area (Å²) in [5.41, 5.74) is 3.28. The van der Waals surface area contributed by atoms with E-state index < -0.39 is 0 Å². The topological polar surface area (TPSA) is 17.0 Å². The largest absolute Gasteiger partial charge is 0.344 e. The van der Waals surface area contributed by atoms with E-state index in [9.17, 15) is 4.39 Å². The summed E-state index contributed by atoms with van der Waals surface area (Å²) in [6.07, 6.45) is 0.996. The van der Waals surface area contributed by atoms with Gasteiger partial charge in [0.15, 0.2) is 0 Å². The molecule has 0 radical (unpaired) electrons. The van der Waals surface area contributed by atoms with Crippen molar-refractivity contribution in [3.63, 3.8) is 0 Å². The summed E-state index contributed by atoms with van der Waals surface area (Å²) < 4.78 is 15.7. The van der Waals surface area contributed by atoms with Gasteiger partial charge in [-0.25, -0.2) is 4.39 Å². The lowest BCUT2D eigenvalue weighted by molar-refractivity contribution is 0.605. The molecule has 0 bridgehead atoms. The van der Waals surface area contributed by atoms with Gasteiger partial charge in [-0.05, 0) is 24.6 Å². The maximum absolute atomic E-state index is 13.7. The summed E-state index contributed by atoms with van der Waals surface area (Å²) in [7, 11) is 1.94. The number of halogens is 1. The van der Waals surface area contributed by atoms with Crippen molar-refractivity contribution < 1.29 is 4.39 Å². The first-order valence-corrected chi connectivity index (χ1v) is 5.24. The molecule has 2 nitrogen and oxygen atoms in total. The number of nitrogens with zero attached hydrogens (tertiary/aromatic N) is 1. The smallest absolute Gasteiger partial charge is 0.147 e. The normalized spacial score (nSPS) is 15.6. The molecule has 1 aromatic carbocycles. The fraction of sp³-hybridized carbons (Fsp3) is 0.333. The summed E-state index contributed by atoms with van der Waals surface area (Å²) in [5, 5.41) is 4.40. The van der Waals surface area contributed by atoms with Crippen LogP contribution in [0, 0.1) is 5.82 Å². The molecule has 1 aliphatic heterocycles. The van der Waals surface area contributed by atoms with Gasteiger partial charge in [0.05, 0.1) is 5.52 Å². The number of nitrogens with one attached hydrogen (secondary N) is 1. The molecule has 0 spiro atoms. The zero-order valence-electron chi connectivity index (χ0n) is 8.68. The van der Waals surface area contributed by atoms with Crippen molar-refractivity contribution in [3.05, 3.63) is 35.3 Å². The maximum atomic E-state index is 13.7. The number of benzene rings is 1. The summed E-state index contributed by atoms with van der Waals surface area (Å²) in [6, 6.07) is 5.34. The Morgan fingerprint density at radius 2 is 2.27 bits per heavy atom. The van der Waals surface area contributed by atoms with Crippen molar-refractivity contribution in [1.82, 2.24) is 9.88 Å². The highest BCUT2D eigenvalue weighted by atomic mass is 19.1. The molecule has 2 aromatic rings. The van der Waals surface area contributed by atoms with Crippen LogP contribution in [0.3, 0.4) is 0 Å². The van der Waals surface area contributed by atoms with Gasteiger partial charge in [0, 0.05) is 24.7 Å². The summed E-state index contributed by atoms with van der Waals surface area (Å²) >= 11 is 0. The molecule has 0 saturated carbocycles. The second-order valence-electron chi connectivity index (χ2n) is 4.05. The second kappa shape index (κ2) is 3.07. The summed E-state index contributed by atoms with van der Waals surface area (Å²) in [4.78, 5) is 0. The SMILES string of the molecule is Cn1c2c(c3cccc(F)c31)CCNC2. The Morgan fingerprint density at radius 1 is 1.40 bits per heavy atom. The molecule has 0 saturated heterocycles. The van der Waals surface area contributed by atoms with Gasteiger partial charge in [0.25, 0.3) is 0 Å². The van der Waals surface area contributed by atoms with Crippen LogP contribution in [0.5, 0.6) is 0 Å². The Kier molecular flexibility index (Phi) is 1.83. The zero-order chi connectivity index (χ0) is 10.4. The highest BCUT2D eigenvalue weighted by Gasteiger charge is 2.19. The predicted molar refractivity (Wildman–Crippen MR) is 58.3 cm³/mol. The van der Waals surface area contributed by atoms with Crippen LogP contribution in [0.1, 0.15) is 11.3 Å². The Hall–Kier alpha value is -1.35. The monoisotopic (exact) mass is 204 g/mol. The Bertz CT molecular complexity index is 528. The highest BCUT2D eigenvalue weighted by Crippen LogP contribution is 2.29. The predicted octanol–water partition coefficient (Wildman–Crippen LogP) is 1.96. The quantitative estimate of drug-likeness (QED) is 0.694. The lowest BCUT2D eigenvalue weighted by Crippen LogP contribution is -2.24. The van der Waals surface area contributed by atoms with E-state index in [1.807, 2.05) is 17.7 Å². The van der Waals surface area contributed by atoms with Crippen LogP contribution in [0.15, 0.2) is 18.2 Å². The van der Waals surface area contributed by atoms with Crippen LogP contribution >= 0.6 is 0 Å². The molecular weight excluding hydrogens is 191 g/mol. The fourth-order valence-corrected chi connectivity index (χ4v) is 2.52. The molecule has 1 aliphatic rings. The lowest BCUT2D eigenvalue weighted by Gasteiger charge is -2.14. The van der Waals surface area contributed by atoms with E-state index in [1.54, 1.807) is 6.07 Å². The molecule has 0 amide bonds. The van der Waals surface area contributed by atoms with Gasteiger partial charge >= 0.3 is 0 Å². The van der Waals surface area contributed by atoms with Gasteiger partial charge in [-0.2, -0.15) is 0 Å². The number of hydrogen-bond acceptors (Lipinski definition) is 1. The van der Waals surface area contributed by atoms with E-state index in [4.69, 9.17) is 0 Å². The van der Waals surface area contributed by atoms with Gasteiger partial charge in [-0.3, -0.25) is 0 Å². The first kappa shape index (κ1) is 8.92. The maximum Gasteiger partial charge on any atom is 0.147 e. The third kappa shape index (κ3) is 1.13. The minimum atomic E-state index is -0.121. The van der Waals surface area contributed by atoms with Crippen LogP contribution in [0.4, 0.5) is 4.39 Å². The van der Waals surface area contributed by atoms with Gasteiger partial charge < -0.3 is 9.88 Å². The molecular formula is C12H13FN2. The van der Waals surface area contributed by atoms with Crippen molar-refractivity contribution in [2.75, 3.05) is 6.54 Å². The average molecular weight is 204 g/mol. The van der Waals surface area contributed by atoms with Crippen molar-refractivity contribution in [3.8, 4) is 0 Å². The number of fused-ring (bicyclic) bond motifs is 3. The third-order valence-corrected chi connectivity index (χ3v) is 3.24. The van der Waals surface area contributed by atoms with Crippen molar-refractivity contribution in [2.24, 2.45) is 7.05 Å². The van der Waals surface area contributed by atoms with Crippen LogP contribution in [-0.2, 0) is 20.0 Å². The third-order valence-electron chi connectivity index (χ3n) is 3.24. The summed E-state index contributed by atoms with van der Waals surface area (Å²) in [5.74, 6) is -0.121. The van der Waals surface area contributed by atoms with E-state index in [2.05, 4.69) is 5.32 Å². The van der Waals surface area contributed by atoms with E-state index in [0.717, 1.165) is 30.4 Å². The van der Waals surface area contributed by atoms with Crippen molar-refractivity contribution in [1.29, 1.82) is 0 Å². The molecule has 0 fully saturated rings. The van der Waals surface area contributed by atoms with Gasteiger partial charge in [-0.15, -0.1) is 0 Å². The van der Waals surface area contributed by atoms with Crippen LogP contribution in [0.2, 0.25) is 0 Å². The Morgan fingerprint density at radius 3 is 3.13 bits per heavy atom. The van der Waals surface area contributed by atoms with Crippen molar-refractivity contribution in [2.45, 2.75) is 13.0 Å². The number of hydrogen-bond donors (Lipinski definition) is 1. The first-order chi connectivity index (χ1) is 7.29. The molecule has 78 valence electrons. The Labute approximate surface area is 87.7 Å². The zero-order valence-corrected chi connectivity index (χ0v) is 8.68. The van der Waals surface area contributed by atoms with E-state index >= 15 is 0 Å². The molecule has 0 atom stereocenters. The van der Waals surface area contributed by atoms with Crippen LogP contribution < -0.4 is 5.32 Å². The number of para-hydroxylation sites is 1. The van der Waals surface area contributed by atoms with Gasteiger partial charge in [0.1, 0.15) is 5.82 Å². The van der Waals surface area contributed by atoms with Crippen molar-refractivity contribution >= 4 is 10.9 Å². The van der Waals surface area contributed by atoms with E-state index in [0.29, 0.717) is 0 Å². The lowest BCUT2D eigenvalue weighted by atomic mass is 10.0. The van der Waals surface area contributed by atoms with Crippen LogP contribution in [0.25, 0.3) is 10.9 Å². The van der Waals surface area contributed by atoms with Gasteiger partial charge in [-0.1, -0.05) is 12.1 Å². The van der Waals surface area contributed by atoms with E-state index in [1.165, 1.54) is 17.3 Å². The molecule has 1 aromatic heterocycles. The standard InChI is InChI=1S/C12H13FN2/c1-15-11-7-14-6-5-8(11)9-3-2-4-10(13)12(9)15/h2-4,14H,5-7H2,1H3. The minimum Gasteiger partial charge on any atom is -0.344 e. The molecule has 3 heteroatoms. The molecule has 0 unspecified atom stereocenters. The summed E-state index contributed by atoms with van der Waals surface area (Å²) in [6.45, 7) is 1.84. The number of rotatable bonds is 0. The molecule has 2 heterocycles. The molecule has 3 rings (SSSR count). The number of aryl methyl sites for hydroxylation is 1. The fourth-order valence-electron chi connectivity index (χ4n) is 2.52. The molecule has 1 N–H and O–H groups in total. The average Bonchev–Trinajstić information content (AvgIpc) is 2.55. The Balaban J connectivity index is 2.44. The first-order valence-electron chi connectivity index (χ1n) is 5.24.